The number of allylic oxidation sites excluding steroid dienone is 1. The van der Waals surface area contributed by atoms with Crippen molar-refractivity contribution in [1.29, 1.82) is 0 Å². The maximum atomic E-state index is 10.5. The molecule has 0 aliphatic rings. The van der Waals surface area contributed by atoms with E-state index in [1.165, 1.54) is 13.0 Å². The third-order valence-corrected chi connectivity index (χ3v) is 0.845. The second kappa shape index (κ2) is 4.62. The normalized spacial score (nSPS) is 13.0. The third kappa shape index (κ3) is 4.27. The summed E-state index contributed by atoms with van der Waals surface area (Å²) in [6.45, 7) is 2.85. The Bertz CT molecular complexity index is 181. The summed E-state index contributed by atoms with van der Waals surface area (Å²) >= 11 is 0. The summed E-state index contributed by atoms with van der Waals surface area (Å²) in [4.78, 5) is 21.0. The topological polar surface area (TPSA) is 63.6 Å². The molecule has 11 heavy (non-hydrogen) atoms. The van der Waals surface area contributed by atoms with E-state index in [0.29, 0.717) is 0 Å². The van der Waals surface area contributed by atoms with Crippen LogP contribution in [0.4, 0.5) is 0 Å². The standard InChI is InChI=1S/C7H10O4/c1-3-4-6(9)11-7(10)5(2)8/h3-5,8H,1-2H3. The molecule has 0 aliphatic heterocycles. The highest BCUT2D eigenvalue weighted by Crippen LogP contribution is 1.88. The number of rotatable bonds is 2. The molecular weight excluding hydrogens is 148 g/mol. The molecule has 0 radical (unpaired) electrons. The molecule has 0 spiro atoms. The Balaban J connectivity index is 3.86. The molecule has 0 rings (SSSR count). The minimum atomic E-state index is -1.26. The number of ether oxygens (including phenoxy) is 1. The predicted molar refractivity (Wildman–Crippen MR) is 37.6 cm³/mol. The van der Waals surface area contributed by atoms with E-state index in [-0.39, 0.29) is 0 Å². The van der Waals surface area contributed by atoms with Crippen molar-refractivity contribution < 1.29 is 19.4 Å². The van der Waals surface area contributed by atoms with Crippen molar-refractivity contribution in [3.05, 3.63) is 12.2 Å². The van der Waals surface area contributed by atoms with Gasteiger partial charge in [-0.25, -0.2) is 9.59 Å². The Morgan fingerprint density at radius 1 is 1.55 bits per heavy atom. The van der Waals surface area contributed by atoms with Crippen molar-refractivity contribution in [1.82, 2.24) is 0 Å². The minimum absolute atomic E-state index is 0.765. The van der Waals surface area contributed by atoms with Crippen molar-refractivity contribution >= 4 is 11.9 Å². The van der Waals surface area contributed by atoms with Crippen LogP contribution in [0.5, 0.6) is 0 Å². The smallest absolute Gasteiger partial charge is 0.342 e. The molecule has 0 aliphatic carbocycles. The van der Waals surface area contributed by atoms with Crippen LogP contribution >= 0.6 is 0 Å². The van der Waals surface area contributed by atoms with Gasteiger partial charge in [0.2, 0.25) is 0 Å². The van der Waals surface area contributed by atoms with Gasteiger partial charge in [0.1, 0.15) is 6.10 Å². The lowest BCUT2D eigenvalue weighted by atomic mass is 10.4. The zero-order valence-electron chi connectivity index (χ0n) is 6.40. The first-order chi connectivity index (χ1) is 5.07. The second-order valence-electron chi connectivity index (χ2n) is 1.92. The highest BCUT2D eigenvalue weighted by atomic mass is 16.6. The third-order valence-electron chi connectivity index (χ3n) is 0.845. The average molecular weight is 158 g/mol. The molecule has 0 saturated heterocycles. The zero-order chi connectivity index (χ0) is 8.85. The summed E-state index contributed by atoms with van der Waals surface area (Å²) in [5, 5.41) is 8.59. The van der Waals surface area contributed by atoms with Crippen molar-refractivity contribution in [2.24, 2.45) is 0 Å². The van der Waals surface area contributed by atoms with E-state index < -0.39 is 18.0 Å². The molecule has 0 bridgehead atoms. The Labute approximate surface area is 64.5 Å². The van der Waals surface area contributed by atoms with Crippen LogP contribution in [0.3, 0.4) is 0 Å². The summed E-state index contributed by atoms with van der Waals surface area (Å²) in [7, 11) is 0. The molecule has 62 valence electrons. The van der Waals surface area contributed by atoms with E-state index in [1.807, 2.05) is 0 Å². The summed E-state index contributed by atoms with van der Waals surface area (Å²) in [6.07, 6.45) is 1.28. The predicted octanol–water partition coefficient (Wildman–Crippen LogP) is 0.0131. The molecular formula is C7H10O4. The van der Waals surface area contributed by atoms with Crippen LogP contribution in [-0.4, -0.2) is 23.1 Å². The molecule has 0 saturated carbocycles. The van der Waals surface area contributed by atoms with Crippen LogP contribution in [-0.2, 0) is 14.3 Å². The van der Waals surface area contributed by atoms with Gasteiger partial charge in [0.05, 0.1) is 0 Å². The first-order valence-corrected chi connectivity index (χ1v) is 3.14. The van der Waals surface area contributed by atoms with Crippen molar-refractivity contribution in [2.75, 3.05) is 0 Å². The summed E-state index contributed by atoms with van der Waals surface area (Å²) < 4.78 is 4.14. The van der Waals surface area contributed by atoms with Crippen LogP contribution in [0.1, 0.15) is 13.8 Å². The number of carbonyl (C=O) groups excluding carboxylic acids is 2. The van der Waals surface area contributed by atoms with Gasteiger partial charge in [-0.1, -0.05) is 6.08 Å². The van der Waals surface area contributed by atoms with Gasteiger partial charge >= 0.3 is 11.9 Å². The fourth-order valence-corrected chi connectivity index (χ4v) is 0.355. The van der Waals surface area contributed by atoms with Gasteiger partial charge in [0, 0.05) is 6.08 Å². The Hall–Kier alpha value is -1.16. The van der Waals surface area contributed by atoms with E-state index >= 15 is 0 Å². The number of aliphatic hydroxyl groups is 1. The minimum Gasteiger partial charge on any atom is -0.388 e. The second-order valence-corrected chi connectivity index (χ2v) is 1.92. The van der Waals surface area contributed by atoms with Gasteiger partial charge in [0.25, 0.3) is 0 Å². The number of aliphatic hydroxyl groups excluding tert-OH is 1. The number of hydrogen-bond acceptors (Lipinski definition) is 4. The monoisotopic (exact) mass is 158 g/mol. The molecule has 1 unspecified atom stereocenters. The average Bonchev–Trinajstić information content (AvgIpc) is 1.87. The molecule has 1 N–H and O–H groups in total. The van der Waals surface area contributed by atoms with Crippen molar-refractivity contribution in [2.45, 2.75) is 20.0 Å². The van der Waals surface area contributed by atoms with Gasteiger partial charge in [-0.05, 0) is 13.8 Å². The van der Waals surface area contributed by atoms with Gasteiger partial charge < -0.3 is 9.84 Å². The largest absolute Gasteiger partial charge is 0.388 e. The zero-order valence-corrected chi connectivity index (χ0v) is 6.40. The van der Waals surface area contributed by atoms with Crippen LogP contribution in [0.15, 0.2) is 12.2 Å². The molecule has 0 aromatic carbocycles. The summed E-state index contributed by atoms with van der Waals surface area (Å²) in [5.41, 5.74) is 0. The van der Waals surface area contributed by atoms with Crippen LogP contribution < -0.4 is 0 Å². The molecule has 4 heteroatoms. The van der Waals surface area contributed by atoms with Crippen molar-refractivity contribution in [3.63, 3.8) is 0 Å². The highest BCUT2D eigenvalue weighted by Gasteiger charge is 2.12. The quantitative estimate of drug-likeness (QED) is 0.349. The van der Waals surface area contributed by atoms with Crippen molar-refractivity contribution in [3.8, 4) is 0 Å². The van der Waals surface area contributed by atoms with Crippen LogP contribution in [0.25, 0.3) is 0 Å². The summed E-state index contributed by atoms with van der Waals surface area (Å²) in [5.74, 6) is -1.70. The Morgan fingerprint density at radius 2 is 2.09 bits per heavy atom. The van der Waals surface area contributed by atoms with Gasteiger partial charge in [0.15, 0.2) is 0 Å². The van der Waals surface area contributed by atoms with E-state index in [1.54, 1.807) is 6.92 Å². The van der Waals surface area contributed by atoms with E-state index in [9.17, 15) is 9.59 Å². The van der Waals surface area contributed by atoms with E-state index in [0.717, 1.165) is 6.08 Å². The lowest BCUT2D eigenvalue weighted by molar-refractivity contribution is -0.162. The van der Waals surface area contributed by atoms with Gasteiger partial charge in [-0.2, -0.15) is 0 Å². The number of carbonyl (C=O) groups is 2. The van der Waals surface area contributed by atoms with Gasteiger partial charge in [-0.3, -0.25) is 0 Å². The van der Waals surface area contributed by atoms with Crippen LogP contribution in [0, 0.1) is 0 Å². The first kappa shape index (κ1) is 9.84. The first-order valence-electron chi connectivity index (χ1n) is 3.14. The molecule has 0 aromatic rings. The van der Waals surface area contributed by atoms with E-state index in [2.05, 4.69) is 4.74 Å². The van der Waals surface area contributed by atoms with Gasteiger partial charge in [-0.15, -0.1) is 0 Å². The lowest BCUT2D eigenvalue weighted by Crippen LogP contribution is -2.21. The van der Waals surface area contributed by atoms with E-state index in [4.69, 9.17) is 5.11 Å². The maximum absolute atomic E-state index is 10.5. The fourth-order valence-electron chi connectivity index (χ4n) is 0.355. The molecule has 0 amide bonds. The SMILES string of the molecule is CC=CC(=O)OC(=O)C(C)O. The maximum Gasteiger partial charge on any atom is 0.342 e. The molecule has 0 fully saturated rings. The number of esters is 2. The molecule has 1 atom stereocenters. The van der Waals surface area contributed by atoms with Crippen LogP contribution in [0.2, 0.25) is 0 Å². The number of hydrogen-bond donors (Lipinski definition) is 1. The Kier molecular flexibility index (Phi) is 4.14. The molecule has 0 aromatic heterocycles. The Morgan fingerprint density at radius 3 is 2.45 bits per heavy atom. The summed E-state index contributed by atoms with van der Waals surface area (Å²) in [6, 6.07) is 0. The lowest BCUT2D eigenvalue weighted by Gasteiger charge is -2.00. The highest BCUT2D eigenvalue weighted by molar-refractivity contribution is 5.93. The molecule has 4 nitrogen and oxygen atoms in total. The molecule has 0 heterocycles. The fraction of sp³-hybridized carbons (Fsp3) is 0.429.